The van der Waals surface area contributed by atoms with Crippen LogP contribution >= 0.6 is 0 Å². The lowest BCUT2D eigenvalue weighted by Crippen LogP contribution is -2.77. The van der Waals surface area contributed by atoms with Gasteiger partial charge in [0.05, 0.1) is 35.6 Å². The maximum absolute atomic E-state index is 13.9. The Balaban J connectivity index is 1.21. The molecule has 8 rings (SSSR count). The van der Waals surface area contributed by atoms with E-state index in [0.717, 1.165) is 4.90 Å². The van der Waals surface area contributed by atoms with E-state index >= 15 is 0 Å². The average molecular weight is 681 g/mol. The van der Waals surface area contributed by atoms with Crippen LogP contribution in [-0.2, 0) is 38.1 Å². The molecule has 0 aromatic heterocycles. The van der Waals surface area contributed by atoms with E-state index in [1.807, 2.05) is 0 Å². The lowest BCUT2D eigenvalue weighted by Gasteiger charge is -2.65. The van der Waals surface area contributed by atoms with Gasteiger partial charge in [0.15, 0.2) is 0 Å². The number of aliphatic imine (C=N–C) groups is 1. The summed E-state index contributed by atoms with van der Waals surface area (Å²) in [6.45, 7) is 2.91. The van der Waals surface area contributed by atoms with Crippen molar-refractivity contribution < 1.29 is 53.1 Å². The van der Waals surface area contributed by atoms with Crippen LogP contribution in [0.15, 0.2) is 29.3 Å². The molecule has 14 atom stereocenters. The Morgan fingerprint density at radius 1 is 1.08 bits per heavy atom. The van der Waals surface area contributed by atoms with E-state index in [1.54, 1.807) is 45.6 Å². The van der Waals surface area contributed by atoms with Gasteiger partial charge in [-0.15, -0.1) is 0 Å². The molecule has 49 heavy (non-hydrogen) atoms. The highest BCUT2D eigenvalue weighted by atomic mass is 16.6. The normalized spacial score (nSPS) is 47.0. The Morgan fingerprint density at radius 3 is 2.49 bits per heavy atom. The molecule has 264 valence electrons. The van der Waals surface area contributed by atoms with Crippen LogP contribution in [0, 0.1) is 40.4 Å². The fourth-order valence-electron chi connectivity index (χ4n) is 12.2. The van der Waals surface area contributed by atoms with Crippen LogP contribution in [0.3, 0.4) is 0 Å². The van der Waals surface area contributed by atoms with Gasteiger partial charge in [0, 0.05) is 81.8 Å². The van der Waals surface area contributed by atoms with E-state index in [2.05, 4.69) is 0 Å². The molecule has 13 heteroatoms. The van der Waals surface area contributed by atoms with Crippen LogP contribution in [0.25, 0.3) is 0 Å². The zero-order valence-corrected chi connectivity index (χ0v) is 28.4. The van der Waals surface area contributed by atoms with Gasteiger partial charge in [-0.3, -0.25) is 19.4 Å². The van der Waals surface area contributed by atoms with E-state index in [-0.39, 0.29) is 54.3 Å². The molecular formula is C36H44N2O11. The Morgan fingerprint density at radius 2 is 1.84 bits per heavy atom. The van der Waals surface area contributed by atoms with Crippen molar-refractivity contribution in [3.05, 3.63) is 29.8 Å². The smallest absolute Gasteiger partial charge is 0.340 e. The van der Waals surface area contributed by atoms with Gasteiger partial charge in [0.25, 0.3) is 0 Å². The van der Waals surface area contributed by atoms with E-state index in [9.17, 15) is 29.4 Å². The second-order valence-corrected chi connectivity index (χ2v) is 15.4. The predicted octanol–water partition coefficient (Wildman–Crippen LogP) is 1.70. The van der Waals surface area contributed by atoms with Crippen LogP contribution in [-0.4, -0.2) is 110 Å². The first-order valence-corrected chi connectivity index (χ1v) is 17.2. The molecule has 2 heterocycles. The number of nitrogens with zero attached hydrogens (tertiary/aromatic N) is 2. The Bertz CT molecular complexity index is 1650. The van der Waals surface area contributed by atoms with Gasteiger partial charge in [-0.25, -0.2) is 9.69 Å². The first kappa shape index (κ1) is 32.9. The monoisotopic (exact) mass is 680 g/mol. The number of carbonyl (C=O) groups excluding carboxylic acids is 4. The average Bonchev–Trinajstić information content (AvgIpc) is 3.57. The summed E-state index contributed by atoms with van der Waals surface area (Å²) in [6, 6.07) is 5.60. The summed E-state index contributed by atoms with van der Waals surface area (Å²) >= 11 is 0. The number of fused-ring (bicyclic) bond motifs is 2. The predicted molar refractivity (Wildman–Crippen MR) is 170 cm³/mol. The minimum absolute atomic E-state index is 0.0630. The maximum atomic E-state index is 13.9. The number of hydrogen-bond donors (Lipinski definition) is 2. The molecule has 0 radical (unpaired) electrons. The number of aliphatic hydroxyl groups is 2. The first-order chi connectivity index (χ1) is 23.3. The molecule has 2 amide bonds. The molecule has 2 aliphatic heterocycles. The highest BCUT2D eigenvalue weighted by Crippen LogP contribution is 2.79. The number of esters is 2. The molecule has 0 unspecified atom stereocenters. The quantitative estimate of drug-likeness (QED) is 0.303. The van der Waals surface area contributed by atoms with E-state index in [4.69, 9.17) is 28.7 Å². The third-order valence-electron chi connectivity index (χ3n) is 13.7. The number of para-hydroxylation sites is 1. The summed E-state index contributed by atoms with van der Waals surface area (Å²) in [7, 11) is 4.72. The van der Waals surface area contributed by atoms with Crippen molar-refractivity contribution in [3.8, 4) is 0 Å². The number of benzene rings is 1. The lowest BCUT2D eigenvalue weighted by atomic mass is 9.44. The van der Waals surface area contributed by atoms with Crippen molar-refractivity contribution in [2.75, 3.05) is 32.8 Å². The van der Waals surface area contributed by atoms with Crippen molar-refractivity contribution in [1.29, 1.82) is 0 Å². The molecule has 1 spiro atoms. The first-order valence-electron chi connectivity index (χ1n) is 17.2. The van der Waals surface area contributed by atoms with Crippen LogP contribution in [0.4, 0.5) is 5.69 Å². The zero-order chi connectivity index (χ0) is 34.8. The largest absolute Gasteiger partial charge is 0.462 e. The Hall–Kier alpha value is -3.23. The highest BCUT2D eigenvalue weighted by molar-refractivity contribution is 6.22. The molecule has 5 saturated carbocycles. The van der Waals surface area contributed by atoms with Crippen LogP contribution < -0.4 is 4.90 Å². The van der Waals surface area contributed by atoms with E-state index < -0.39 is 82.2 Å². The fourth-order valence-corrected chi connectivity index (χ4v) is 12.2. The Kier molecular flexibility index (Phi) is 7.32. The molecule has 13 nitrogen and oxygen atoms in total. The summed E-state index contributed by atoms with van der Waals surface area (Å²) in [5.41, 5.74) is -5.21. The topological polar surface area (TPSA) is 170 Å². The number of methoxy groups -OCH3 is 3. The van der Waals surface area contributed by atoms with Crippen LogP contribution in [0.2, 0.25) is 0 Å². The zero-order valence-electron chi connectivity index (χ0n) is 28.4. The van der Waals surface area contributed by atoms with Crippen molar-refractivity contribution in [3.63, 3.8) is 0 Å². The van der Waals surface area contributed by atoms with E-state index in [1.165, 1.54) is 20.1 Å². The molecule has 6 fully saturated rings. The standard InChI is InChI=1S/C36H44N2O11/c1-17-12-25(40)38(30(17)41)22-9-7-6-8-19(22)31(42)48-16-33-11-10-24(46-4)35-21-13-20-23(45-3)14-34(43,26(21)27(20)49-18(2)39)36(44,32(35)37-15-33)29(47-5)28(33)35/h6-9,15,17,20-21,23-24,26-29,32,43-44H,10-14,16H2,1-5H3/t17-,20+,21+,23-,24-,26+,27-,28+,29-,32-,33-,34+,35-,36+/m0/s1. The van der Waals surface area contributed by atoms with Crippen molar-refractivity contribution in [1.82, 2.24) is 0 Å². The number of hydrogen-bond acceptors (Lipinski definition) is 12. The Labute approximate surface area is 284 Å². The molecule has 1 saturated heterocycles. The molecule has 1 aromatic rings. The summed E-state index contributed by atoms with van der Waals surface area (Å²) in [5, 5.41) is 26.1. The second-order valence-electron chi connectivity index (χ2n) is 15.4. The number of imide groups is 1. The van der Waals surface area contributed by atoms with Crippen LogP contribution in [0.5, 0.6) is 0 Å². The van der Waals surface area contributed by atoms with Gasteiger partial charge in [0.2, 0.25) is 11.8 Å². The molecular weight excluding hydrogens is 636 g/mol. The van der Waals surface area contributed by atoms with Crippen molar-refractivity contribution in [2.24, 2.45) is 45.4 Å². The summed E-state index contributed by atoms with van der Waals surface area (Å²) < 4.78 is 30.5. The molecule has 2 N–H and O–H groups in total. The van der Waals surface area contributed by atoms with Gasteiger partial charge in [-0.1, -0.05) is 19.1 Å². The van der Waals surface area contributed by atoms with Crippen LogP contribution in [0.1, 0.15) is 56.3 Å². The third-order valence-corrected chi connectivity index (χ3v) is 13.7. The SMILES string of the molecule is CO[C@H]1C[C@@]2(O)[C@H]3[C@@H](OC(C)=O)[C@@H]1C[C@H]3[C@@]13[C@@H](OC)CC[C@@]4(COC(=O)c5ccccc5N5C(=O)C[C@H](C)C5=O)C=N[C@@H]1[C@]2(O)[C@@H](OC)[C@H]43. The van der Waals surface area contributed by atoms with Crippen molar-refractivity contribution >= 4 is 35.7 Å². The number of ether oxygens (including phenoxy) is 5. The fraction of sp³-hybridized carbons (Fsp3) is 0.694. The highest BCUT2D eigenvalue weighted by Gasteiger charge is 2.91. The van der Waals surface area contributed by atoms with Gasteiger partial charge in [0.1, 0.15) is 23.9 Å². The third kappa shape index (κ3) is 3.85. The lowest BCUT2D eigenvalue weighted by molar-refractivity contribution is -0.292. The number of amides is 2. The summed E-state index contributed by atoms with van der Waals surface area (Å²) in [5.74, 6) is -4.06. The van der Waals surface area contributed by atoms with Gasteiger partial charge >= 0.3 is 11.9 Å². The van der Waals surface area contributed by atoms with Gasteiger partial charge in [-0.2, -0.15) is 0 Å². The second kappa shape index (κ2) is 10.9. The van der Waals surface area contributed by atoms with E-state index in [0.29, 0.717) is 19.3 Å². The van der Waals surface area contributed by atoms with Gasteiger partial charge in [-0.05, 0) is 37.3 Å². The minimum Gasteiger partial charge on any atom is -0.462 e. The number of anilines is 1. The number of rotatable bonds is 8. The molecule has 7 aliphatic rings. The summed E-state index contributed by atoms with van der Waals surface area (Å²) in [4.78, 5) is 58.2. The van der Waals surface area contributed by atoms with Crippen molar-refractivity contribution in [2.45, 2.75) is 87.6 Å². The van der Waals surface area contributed by atoms with Gasteiger partial charge < -0.3 is 33.9 Å². The molecule has 5 aliphatic carbocycles. The number of carbonyl (C=O) groups is 4. The minimum atomic E-state index is -1.92. The molecule has 1 aromatic carbocycles. The molecule has 7 bridgehead atoms. The maximum Gasteiger partial charge on any atom is 0.340 e. The summed E-state index contributed by atoms with van der Waals surface area (Å²) in [6.07, 6.45) is 1.04.